The summed E-state index contributed by atoms with van der Waals surface area (Å²) >= 11 is -1.38. The van der Waals surface area contributed by atoms with Crippen LogP contribution in [0, 0.1) is 12.3 Å². The minimum atomic E-state index is -1.38. The Morgan fingerprint density at radius 3 is 2.41 bits per heavy atom. The monoisotopic (exact) mass is 416 g/mol. The van der Waals surface area contributed by atoms with E-state index in [2.05, 4.69) is 23.1 Å². The average Bonchev–Trinajstić information content (AvgIpc) is 2.60. The van der Waals surface area contributed by atoms with Crippen molar-refractivity contribution in [2.24, 2.45) is 9.81 Å². The van der Waals surface area contributed by atoms with E-state index in [0.29, 0.717) is 28.0 Å². The lowest BCUT2D eigenvalue weighted by Crippen LogP contribution is -2.37. The lowest BCUT2D eigenvalue weighted by atomic mass is 9.83. The molecule has 2 heterocycles. The van der Waals surface area contributed by atoms with E-state index in [1.54, 1.807) is 6.07 Å². The minimum absolute atomic E-state index is 0.0548. The predicted molar refractivity (Wildman–Crippen MR) is 123 cm³/mol. The third kappa shape index (κ3) is 4.86. The highest BCUT2D eigenvalue weighted by atomic mass is 32.2. The van der Waals surface area contributed by atoms with Gasteiger partial charge in [0.25, 0.3) is 0 Å². The average molecular weight is 417 g/mol. The van der Waals surface area contributed by atoms with Crippen molar-refractivity contribution in [3.05, 3.63) is 39.5 Å². The van der Waals surface area contributed by atoms with Crippen molar-refractivity contribution in [2.45, 2.75) is 66.1 Å². The normalized spacial score (nSPS) is 18.9. The first-order valence-electron chi connectivity index (χ1n) is 10.2. The van der Waals surface area contributed by atoms with Gasteiger partial charge in [-0.1, -0.05) is 18.2 Å². The molecule has 0 saturated carbocycles. The maximum Gasteiger partial charge on any atom is 0.200 e. The number of nitrogens with zero attached hydrogens (tertiary/aromatic N) is 2. The summed E-state index contributed by atoms with van der Waals surface area (Å²) in [5.74, 6) is 0.604. The first-order valence-corrected chi connectivity index (χ1v) is 11.3. The van der Waals surface area contributed by atoms with Crippen molar-refractivity contribution in [1.29, 1.82) is 0 Å². The number of aryl methyl sites for hydroxylation is 1. The van der Waals surface area contributed by atoms with E-state index in [1.807, 2.05) is 46.8 Å². The molecule has 0 bridgehead atoms. The number of benzene rings is 1. The fourth-order valence-electron chi connectivity index (χ4n) is 3.46. The molecule has 0 amide bonds. The fourth-order valence-corrected chi connectivity index (χ4v) is 4.08. The van der Waals surface area contributed by atoms with Crippen molar-refractivity contribution in [1.82, 2.24) is 0 Å². The molecule has 29 heavy (non-hydrogen) atoms. The van der Waals surface area contributed by atoms with Gasteiger partial charge in [-0.15, -0.1) is 0 Å². The Kier molecular flexibility index (Phi) is 5.89. The Balaban J connectivity index is 2.10. The molecule has 6 heteroatoms. The number of hydrogen-bond donors (Lipinski definition) is 0. The highest BCUT2D eigenvalue weighted by molar-refractivity contribution is 7.91. The summed E-state index contributed by atoms with van der Waals surface area (Å²) in [5, 5.41) is 0.539. The molecule has 5 nitrogen and oxygen atoms in total. The molecule has 0 radical (unpaired) electrons. The van der Waals surface area contributed by atoms with Crippen molar-refractivity contribution < 1.29 is 8.97 Å². The van der Waals surface area contributed by atoms with Crippen molar-refractivity contribution in [2.75, 3.05) is 18.0 Å². The van der Waals surface area contributed by atoms with Gasteiger partial charge in [-0.3, -0.25) is 4.79 Å². The standard InChI is InChI=1S/C23H32N2O3S/c1-15-12-17(16(2)24-29(27)22(3,4)5)21-18(13-15)19(26)14-20(28-21)25-10-8-23(6,7)9-11-25/h12-14H,8-11H2,1-7H3/b24-16+/t29-/m1/s1. The number of fused-ring (bicyclic) bond motifs is 1. The fraction of sp³-hybridized carbons (Fsp3) is 0.565. The van der Waals surface area contributed by atoms with Gasteiger partial charge < -0.3 is 13.9 Å². The van der Waals surface area contributed by atoms with E-state index in [-0.39, 0.29) is 5.43 Å². The lowest BCUT2D eigenvalue weighted by Gasteiger charge is -2.37. The molecule has 0 unspecified atom stereocenters. The minimum Gasteiger partial charge on any atom is -0.591 e. The van der Waals surface area contributed by atoms with E-state index < -0.39 is 16.1 Å². The second-order valence-electron chi connectivity index (χ2n) is 9.83. The zero-order valence-corrected chi connectivity index (χ0v) is 19.4. The SMILES string of the molecule is C/C(=N\[S@+]([O-])C(C)(C)C)c1cc(C)cc2c(=O)cc(N3CCC(C)(C)CC3)oc12. The predicted octanol–water partition coefficient (Wildman–Crippen LogP) is 5.00. The Morgan fingerprint density at radius 2 is 1.83 bits per heavy atom. The molecule has 1 aromatic heterocycles. The van der Waals surface area contributed by atoms with Crippen LogP contribution in [-0.2, 0) is 11.4 Å². The third-order valence-electron chi connectivity index (χ3n) is 5.52. The van der Waals surface area contributed by atoms with Crippen LogP contribution in [0.4, 0.5) is 5.88 Å². The zero-order valence-electron chi connectivity index (χ0n) is 18.6. The van der Waals surface area contributed by atoms with E-state index in [1.165, 1.54) is 0 Å². The van der Waals surface area contributed by atoms with Crippen LogP contribution in [0.15, 0.2) is 31.8 Å². The number of hydrogen-bond acceptors (Lipinski definition) is 5. The summed E-state index contributed by atoms with van der Waals surface area (Å²) in [6, 6.07) is 5.40. The van der Waals surface area contributed by atoms with Crippen LogP contribution in [0.25, 0.3) is 11.0 Å². The highest BCUT2D eigenvalue weighted by Gasteiger charge is 2.29. The van der Waals surface area contributed by atoms with Crippen LogP contribution in [0.2, 0.25) is 0 Å². The second-order valence-corrected chi connectivity index (χ2v) is 11.7. The number of rotatable bonds is 3. The smallest absolute Gasteiger partial charge is 0.200 e. The van der Waals surface area contributed by atoms with Crippen molar-refractivity contribution in [3.63, 3.8) is 0 Å². The second kappa shape index (κ2) is 7.80. The number of piperidine rings is 1. The molecule has 3 rings (SSSR count). The third-order valence-corrected chi connectivity index (χ3v) is 7.01. The molecular weight excluding hydrogens is 384 g/mol. The first-order chi connectivity index (χ1) is 13.4. The summed E-state index contributed by atoms with van der Waals surface area (Å²) in [4.78, 5) is 15.0. The van der Waals surface area contributed by atoms with Crippen LogP contribution >= 0.6 is 0 Å². The molecule has 1 fully saturated rings. The summed E-state index contributed by atoms with van der Waals surface area (Å²) in [7, 11) is 0. The van der Waals surface area contributed by atoms with E-state index in [0.717, 1.165) is 37.1 Å². The molecule has 1 aliphatic heterocycles. The maximum absolute atomic E-state index is 12.9. The molecule has 0 spiro atoms. The van der Waals surface area contributed by atoms with Gasteiger partial charge in [-0.2, -0.15) is 0 Å². The Morgan fingerprint density at radius 1 is 1.21 bits per heavy atom. The van der Waals surface area contributed by atoms with Crippen LogP contribution < -0.4 is 10.3 Å². The number of anilines is 1. The molecule has 1 aliphatic rings. The molecule has 0 N–H and O–H groups in total. The molecule has 158 valence electrons. The van der Waals surface area contributed by atoms with Crippen LogP contribution in [-0.4, -0.2) is 28.1 Å². The summed E-state index contributed by atoms with van der Waals surface area (Å²) in [5.41, 5.74) is 3.08. The topological polar surface area (TPSA) is 68.9 Å². The molecule has 1 saturated heterocycles. The van der Waals surface area contributed by atoms with Crippen molar-refractivity contribution >= 4 is 33.9 Å². The molecule has 0 aliphatic carbocycles. The molecule has 1 atom stereocenters. The van der Waals surface area contributed by atoms with Gasteiger partial charge in [-0.25, -0.2) is 0 Å². The van der Waals surface area contributed by atoms with Gasteiger partial charge >= 0.3 is 0 Å². The first kappa shape index (κ1) is 21.9. The molecule has 1 aromatic carbocycles. The Hall–Kier alpha value is -1.79. The van der Waals surface area contributed by atoms with Crippen LogP contribution in [0.3, 0.4) is 0 Å². The largest absolute Gasteiger partial charge is 0.591 e. The van der Waals surface area contributed by atoms with Gasteiger partial charge in [0, 0.05) is 24.7 Å². The highest BCUT2D eigenvalue weighted by Crippen LogP contribution is 2.33. The summed E-state index contributed by atoms with van der Waals surface area (Å²) in [6.45, 7) is 15.7. The maximum atomic E-state index is 12.9. The van der Waals surface area contributed by atoms with E-state index in [4.69, 9.17) is 4.42 Å². The van der Waals surface area contributed by atoms with Gasteiger partial charge in [0.2, 0.25) is 0 Å². The molecule has 2 aromatic rings. The molecular formula is C23H32N2O3S. The zero-order chi connectivity index (χ0) is 21.6. The van der Waals surface area contributed by atoms with Gasteiger partial charge in [0.15, 0.2) is 11.3 Å². The Bertz CT molecular complexity index is 992. The van der Waals surface area contributed by atoms with Gasteiger partial charge in [0.1, 0.15) is 21.7 Å². The quantitative estimate of drug-likeness (QED) is 0.522. The van der Waals surface area contributed by atoms with Crippen LogP contribution in [0.5, 0.6) is 0 Å². The Labute approximate surface area is 176 Å². The van der Waals surface area contributed by atoms with E-state index >= 15 is 0 Å². The van der Waals surface area contributed by atoms with Gasteiger partial charge in [-0.05, 0) is 70.6 Å². The lowest BCUT2D eigenvalue weighted by molar-refractivity contribution is 0.274. The summed E-state index contributed by atoms with van der Waals surface area (Å²) < 4.78 is 22.8. The van der Waals surface area contributed by atoms with E-state index in [9.17, 15) is 9.35 Å². The van der Waals surface area contributed by atoms with Crippen LogP contribution in [0.1, 0.15) is 65.5 Å². The summed E-state index contributed by atoms with van der Waals surface area (Å²) in [6.07, 6.45) is 2.11. The van der Waals surface area contributed by atoms with Gasteiger partial charge in [0.05, 0.1) is 11.1 Å². The van der Waals surface area contributed by atoms with Crippen molar-refractivity contribution in [3.8, 4) is 0 Å².